The van der Waals surface area contributed by atoms with Crippen molar-refractivity contribution in [1.29, 1.82) is 0 Å². The molecular formula is C13H15BrN2O3. The average molecular weight is 327 g/mol. The highest BCUT2D eigenvalue weighted by atomic mass is 79.9. The average Bonchev–Trinajstić information content (AvgIpc) is 3.03. The summed E-state index contributed by atoms with van der Waals surface area (Å²) in [5.74, 6) is 0.851. The minimum Gasteiger partial charge on any atom is -0.469 e. The van der Waals surface area contributed by atoms with Crippen molar-refractivity contribution >= 4 is 21.7 Å². The van der Waals surface area contributed by atoms with Gasteiger partial charge in [-0.05, 0) is 28.1 Å². The van der Waals surface area contributed by atoms with E-state index in [4.69, 9.17) is 9.15 Å². The molecule has 0 unspecified atom stereocenters. The smallest absolute Gasteiger partial charge is 0.182 e. The molecule has 0 aliphatic rings. The fraction of sp³-hybridized carbons (Fsp3) is 0.385. The first kappa shape index (κ1) is 14.0. The number of furan rings is 1. The summed E-state index contributed by atoms with van der Waals surface area (Å²) in [6.45, 7) is 1.08. The second-order valence-corrected chi connectivity index (χ2v) is 4.91. The summed E-state index contributed by atoms with van der Waals surface area (Å²) in [5.41, 5.74) is 0.587. The van der Waals surface area contributed by atoms with Crippen LogP contribution in [0.1, 0.15) is 22.7 Å². The van der Waals surface area contributed by atoms with E-state index < -0.39 is 0 Å². The van der Waals surface area contributed by atoms with E-state index in [1.54, 1.807) is 24.3 Å². The van der Waals surface area contributed by atoms with Crippen molar-refractivity contribution in [2.45, 2.75) is 19.4 Å². The number of nitrogens with zero attached hydrogens (tertiary/aromatic N) is 2. The van der Waals surface area contributed by atoms with E-state index >= 15 is 0 Å². The van der Waals surface area contributed by atoms with E-state index in [2.05, 4.69) is 21.0 Å². The Morgan fingerprint density at radius 3 is 3.11 bits per heavy atom. The van der Waals surface area contributed by atoms with Crippen LogP contribution < -0.4 is 0 Å². The Morgan fingerprint density at radius 1 is 1.58 bits per heavy atom. The lowest BCUT2D eigenvalue weighted by molar-refractivity contribution is 0.0966. The van der Waals surface area contributed by atoms with Crippen molar-refractivity contribution in [2.24, 2.45) is 0 Å². The summed E-state index contributed by atoms with van der Waals surface area (Å²) in [5, 5.41) is 4.16. The fourth-order valence-electron chi connectivity index (χ4n) is 1.80. The number of ketones is 1. The summed E-state index contributed by atoms with van der Waals surface area (Å²) >= 11 is 3.36. The number of halogens is 1. The lowest BCUT2D eigenvalue weighted by Gasteiger charge is -2.06. The summed E-state index contributed by atoms with van der Waals surface area (Å²) in [6, 6.07) is 3.68. The maximum Gasteiger partial charge on any atom is 0.182 e. The molecule has 0 amide bonds. The Morgan fingerprint density at radius 2 is 2.42 bits per heavy atom. The summed E-state index contributed by atoms with van der Waals surface area (Å²) < 4.78 is 12.6. The van der Waals surface area contributed by atoms with Crippen LogP contribution in [0.3, 0.4) is 0 Å². The summed E-state index contributed by atoms with van der Waals surface area (Å²) in [7, 11) is 1.62. The molecule has 2 rings (SSSR count). The molecule has 0 N–H and O–H groups in total. The topological polar surface area (TPSA) is 57.3 Å². The minimum atomic E-state index is 0.0388. The Bertz CT molecular complexity index is 534. The van der Waals surface area contributed by atoms with Gasteiger partial charge in [0, 0.05) is 20.0 Å². The maximum absolute atomic E-state index is 12.2. The molecule has 2 aromatic heterocycles. The number of Topliss-reactive ketones (excluding diaryl/α,β-unsaturated/α-hetero) is 1. The van der Waals surface area contributed by atoms with Crippen LogP contribution in [0.5, 0.6) is 0 Å². The number of ether oxygens (including phenoxy) is 1. The van der Waals surface area contributed by atoms with Crippen molar-refractivity contribution in [3.8, 4) is 0 Å². The predicted octanol–water partition coefficient (Wildman–Crippen LogP) is 2.70. The molecular weight excluding hydrogens is 312 g/mol. The van der Waals surface area contributed by atoms with E-state index in [1.807, 2.05) is 12.1 Å². The summed E-state index contributed by atoms with van der Waals surface area (Å²) in [6.07, 6.45) is 4.23. The molecule has 102 valence electrons. The molecule has 0 saturated carbocycles. The van der Waals surface area contributed by atoms with Crippen molar-refractivity contribution in [3.05, 3.63) is 40.5 Å². The molecule has 0 bridgehead atoms. The Balaban J connectivity index is 2.03. The SMILES string of the molecule is COCCn1ncc(Br)c1C(=O)CCc1ccco1. The van der Waals surface area contributed by atoms with Gasteiger partial charge < -0.3 is 9.15 Å². The molecule has 19 heavy (non-hydrogen) atoms. The number of rotatable bonds is 7. The van der Waals surface area contributed by atoms with Crippen LogP contribution in [0.25, 0.3) is 0 Å². The molecule has 0 aromatic carbocycles. The van der Waals surface area contributed by atoms with Gasteiger partial charge in [0.2, 0.25) is 0 Å². The Kier molecular flexibility index (Phi) is 4.93. The quantitative estimate of drug-likeness (QED) is 0.734. The zero-order valence-electron chi connectivity index (χ0n) is 10.6. The van der Waals surface area contributed by atoms with Gasteiger partial charge in [0.1, 0.15) is 11.5 Å². The number of hydrogen-bond acceptors (Lipinski definition) is 4. The van der Waals surface area contributed by atoms with Crippen molar-refractivity contribution < 1.29 is 13.9 Å². The van der Waals surface area contributed by atoms with Gasteiger partial charge in [-0.3, -0.25) is 9.48 Å². The largest absolute Gasteiger partial charge is 0.469 e. The second-order valence-electron chi connectivity index (χ2n) is 4.06. The molecule has 0 aliphatic heterocycles. The van der Waals surface area contributed by atoms with Gasteiger partial charge >= 0.3 is 0 Å². The van der Waals surface area contributed by atoms with E-state index in [1.165, 1.54) is 0 Å². The maximum atomic E-state index is 12.2. The molecule has 6 heteroatoms. The first-order valence-electron chi connectivity index (χ1n) is 5.98. The first-order valence-corrected chi connectivity index (χ1v) is 6.77. The molecule has 0 atom stereocenters. The highest BCUT2D eigenvalue weighted by molar-refractivity contribution is 9.10. The van der Waals surface area contributed by atoms with Crippen LogP contribution in [0.15, 0.2) is 33.5 Å². The second kappa shape index (κ2) is 6.68. The van der Waals surface area contributed by atoms with Crippen molar-refractivity contribution in [3.63, 3.8) is 0 Å². The number of hydrogen-bond donors (Lipinski definition) is 0. The van der Waals surface area contributed by atoms with Gasteiger partial charge in [0.15, 0.2) is 5.78 Å². The predicted molar refractivity (Wildman–Crippen MR) is 73.2 cm³/mol. The Labute approximate surface area is 119 Å². The lowest BCUT2D eigenvalue weighted by atomic mass is 10.1. The lowest BCUT2D eigenvalue weighted by Crippen LogP contribution is -2.14. The number of aromatic nitrogens is 2. The monoisotopic (exact) mass is 326 g/mol. The molecule has 0 radical (unpaired) electrons. The third-order valence-electron chi connectivity index (χ3n) is 2.74. The van der Waals surface area contributed by atoms with Gasteiger partial charge in [-0.2, -0.15) is 5.10 Å². The molecule has 0 aliphatic carbocycles. The number of methoxy groups -OCH3 is 1. The number of carbonyl (C=O) groups excluding carboxylic acids is 1. The van der Waals surface area contributed by atoms with Crippen molar-refractivity contribution in [1.82, 2.24) is 9.78 Å². The van der Waals surface area contributed by atoms with E-state index in [9.17, 15) is 4.79 Å². The fourth-order valence-corrected chi connectivity index (χ4v) is 2.31. The normalized spacial score (nSPS) is 10.8. The van der Waals surface area contributed by atoms with Gasteiger partial charge in [-0.25, -0.2) is 0 Å². The highest BCUT2D eigenvalue weighted by Crippen LogP contribution is 2.19. The number of carbonyl (C=O) groups is 1. The zero-order chi connectivity index (χ0) is 13.7. The zero-order valence-corrected chi connectivity index (χ0v) is 12.2. The molecule has 2 heterocycles. The molecule has 0 fully saturated rings. The molecule has 5 nitrogen and oxygen atoms in total. The third-order valence-corrected chi connectivity index (χ3v) is 3.33. The van der Waals surface area contributed by atoms with E-state index in [-0.39, 0.29) is 5.78 Å². The standard InChI is InChI=1S/C13H15BrN2O3/c1-18-8-6-16-13(11(14)9-15-16)12(17)5-4-10-3-2-7-19-10/h2-3,7,9H,4-6,8H2,1H3. The van der Waals surface area contributed by atoms with Crippen LogP contribution in [0, 0.1) is 0 Å². The molecule has 0 spiro atoms. The number of aryl methyl sites for hydroxylation is 1. The van der Waals surface area contributed by atoms with Crippen LogP contribution in [0.4, 0.5) is 0 Å². The third kappa shape index (κ3) is 3.54. The van der Waals surface area contributed by atoms with Crippen LogP contribution in [-0.2, 0) is 17.7 Å². The van der Waals surface area contributed by atoms with E-state index in [0.717, 1.165) is 5.76 Å². The van der Waals surface area contributed by atoms with Gasteiger partial charge in [-0.1, -0.05) is 0 Å². The van der Waals surface area contributed by atoms with Gasteiger partial charge in [0.05, 0.1) is 30.1 Å². The minimum absolute atomic E-state index is 0.0388. The highest BCUT2D eigenvalue weighted by Gasteiger charge is 2.17. The Hall–Kier alpha value is -1.40. The van der Waals surface area contributed by atoms with Crippen LogP contribution in [-0.4, -0.2) is 29.3 Å². The summed E-state index contributed by atoms with van der Waals surface area (Å²) in [4.78, 5) is 12.2. The van der Waals surface area contributed by atoms with E-state index in [0.29, 0.717) is 36.2 Å². The van der Waals surface area contributed by atoms with Gasteiger partial charge in [-0.15, -0.1) is 0 Å². The van der Waals surface area contributed by atoms with Gasteiger partial charge in [0.25, 0.3) is 0 Å². The first-order chi connectivity index (χ1) is 9.22. The molecule has 2 aromatic rings. The molecule has 0 saturated heterocycles. The van der Waals surface area contributed by atoms with Crippen molar-refractivity contribution in [2.75, 3.05) is 13.7 Å². The van der Waals surface area contributed by atoms with Crippen LogP contribution in [0.2, 0.25) is 0 Å². The van der Waals surface area contributed by atoms with Crippen LogP contribution >= 0.6 is 15.9 Å².